The Morgan fingerprint density at radius 3 is 2.18 bits per heavy atom. The van der Waals surface area contributed by atoms with E-state index in [-0.39, 0.29) is 6.61 Å². The fourth-order valence-electron chi connectivity index (χ4n) is 4.27. The largest absolute Gasteiger partial charge is 0.479 e. The number of hydrogen-bond acceptors (Lipinski definition) is 5. The van der Waals surface area contributed by atoms with Crippen molar-refractivity contribution in [2.45, 2.75) is 84.8 Å². The smallest absolute Gasteiger partial charge is 0.335 e. The highest BCUT2D eigenvalue weighted by Gasteiger charge is 2.34. The number of carboxylic acids is 1. The second kappa shape index (κ2) is 16.1. The Labute approximate surface area is 228 Å². The maximum atomic E-state index is 12.9. The lowest BCUT2D eigenvalue weighted by atomic mass is 10.0. The molecule has 1 amide bonds. The Balaban J connectivity index is 1.69. The molecule has 0 heterocycles. The van der Waals surface area contributed by atoms with Crippen molar-refractivity contribution in [3.05, 3.63) is 64.2 Å². The zero-order chi connectivity index (χ0) is 28.1. The molecule has 3 N–H and O–H groups in total. The van der Waals surface area contributed by atoms with Crippen molar-refractivity contribution in [3.63, 3.8) is 0 Å². The summed E-state index contributed by atoms with van der Waals surface area (Å²) in [4.78, 5) is 25.7. The van der Waals surface area contributed by atoms with Crippen molar-refractivity contribution >= 4 is 17.6 Å². The molecule has 2 aromatic carbocycles. The molecule has 0 aromatic heterocycles. The van der Waals surface area contributed by atoms with Crippen LogP contribution in [-0.4, -0.2) is 65.9 Å². The number of unbranched alkanes of at least 4 members (excludes halogenated alkanes) is 4. The van der Waals surface area contributed by atoms with E-state index in [0.29, 0.717) is 13.0 Å². The van der Waals surface area contributed by atoms with Gasteiger partial charge < -0.3 is 25.2 Å². The summed E-state index contributed by atoms with van der Waals surface area (Å²) in [5.74, 6) is -1.95. The molecule has 0 saturated carbocycles. The summed E-state index contributed by atoms with van der Waals surface area (Å²) < 4.78 is 5.62. The summed E-state index contributed by atoms with van der Waals surface area (Å²) in [6.45, 7) is 9.95. The van der Waals surface area contributed by atoms with E-state index in [1.165, 1.54) is 32.7 Å². The van der Waals surface area contributed by atoms with Crippen LogP contribution in [0.15, 0.2) is 36.4 Å². The first-order valence-electron chi connectivity index (χ1n) is 13.7. The number of carboxylic acid groups (broad SMARTS) is 1. The lowest BCUT2D eigenvalue weighted by Crippen LogP contribution is -2.48. The molecule has 0 saturated heterocycles. The van der Waals surface area contributed by atoms with Crippen molar-refractivity contribution in [2.75, 3.05) is 32.1 Å². The van der Waals surface area contributed by atoms with Gasteiger partial charge in [-0.3, -0.25) is 4.79 Å². The van der Waals surface area contributed by atoms with Crippen LogP contribution in [0.1, 0.15) is 66.3 Å². The zero-order valence-corrected chi connectivity index (χ0v) is 23.8. The highest BCUT2D eigenvalue weighted by Crippen LogP contribution is 2.15. The number of aryl methyl sites for hydroxylation is 5. The second-order valence-corrected chi connectivity index (χ2v) is 10.4. The van der Waals surface area contributed by atoms with Gasteiger partial charge in [-0.2, -0.15) is 0 Å². The van der Waals surface area contributed by atoms with E-state index in [2.05, 4.69) is 69.4 Å². The minimum absolute atomic E-state index is 0.228. The van der Waals surface area contributed by atoms with Crippen molar-refractivity contribution in [3.8, 4) is 0 Å². The second-order valence-electron chi connectivity index (χ2n) is 10.4. The Hall–Kier alpha value is -2.90. The summed E-state index contributed by atoms with van der Waals surface area (Å²) in [6, 6.07) is 12.8. The Kier molecular flexibility index (Phi) is 13.3. The van der Waals surface area contributed by atoms with Crippen LogP contribution >= 0.6 is 0 Å². The van der Waals surface area contributed by atoms with Crippen LogP contribution < -0.4 is 5.32 Å². The predicted molar refractivity (Wildman–Crippen MR) is 153 cm³/mol. The molecule has 210 valence electrons. The Morgan fingerprint density at radius 2 is 1.53 bits per heavy atom. The topological polar surface area (TPSA) is 99.1 Å². The number of aliphatic hydroxyl groups is 1. The quantitative estimate of drug-likeness (QED) is 0.245. The van der Waals surface area contributed by atoms with E-state index in [4.69, 9.17) is 4.74 Å². The van der Waals surface area contributed by atoms with Gasteiger partial charge >= 0.3 is 5.97 Å². The number of rotatable bonds is 17. The van der Waals surface area contributed by atoms with E-state index in [0.717, 1.165) is 50.8 Å². The summed E-state index contributed by atoms with van der Waals surface area (Å²) in [7, 11) is 1.63. The molecule has 7 nitrogen and oxygen atoms in total. The van der Waals surface area contributed by atoms with Gasteiger partial charge in [0.25, 0.3) is 5.91 Å². The number of hydrogen-bond donors (Lipinski definition) is 3. The average molecular weight is 527 g/mol. The van der Waals surface area contributed by atoms with Crippen molar-refractivity contribution in [1.29, 1.82) is 0 Å². The molecule has 0 bridgehead atoms. The first-order valence-corrected chi connectivity index (χ1v) is 13.7. The molecule has 38 heavy (non-hydrogen) atoms. The van der Waals surface area contributed by atoms with Crippen LogP contribution in [0.4, 0.5) is 5.69 Å². The number of carbonyl (C=O) groups is 2. The number of carbonyl (C=O) groups excluding carboxylic acids is 1. The number of ether oxygens (including phenoxy) is 1. The molecule has 2 aromatic rings. The normalized spacial score (nSPS) is 12.7. The van der Waals surface area contributed by atoms with Gasteiger partial charge in [-0.1, -0.05) is 30.7 Å². The number of nitrogens with one attached hydrogen (secondary N) is 1. The van der Waals surface area contributed by atoms with Gasteiger partial charge in [-0.15, -0.1) is 0 Å². The minimum atomic E-state index is -1.89. The summed E-state index contributed by atoms with van der Waals surface area (Å²) in [6.07, 6.45) is 2.89. The van der Waals surface area contributed by atoms with Gasteiger partial charge in [0.05, 0.1) is 0 Å². The number of aliphatic carboxylic acids is 1. The highest BCUT2D eigenvalue weighted by molar-refractivity contribution is 5.87. The lowest BCUT2D eigenvalue weighted by Gasteiger charge is -2.25. The number of benzene rings is 2. The van der Waals surface area contributed by atoms with Crippen molar-refractivity contribution in [2.24, 2.45) is 0 Å². The van der Waals surface area contributed by atoms with Crippen LogP contribution in [-0.2, 0) is 20.7 Å². The van der Waals surface area contributed by atoms with Gasteiger partial charge in [0, 0.05) is 32.4 Å². The molecule has 2 atom stereocenters. The molecular weight excluding hydrogens is 480 g/mol. The maximum Gasteiger partial charge on any atom is 0.335 e. The maximum absolute atomic E-state index is 12.9. The van der Waals surface area contributed by atoms with E-state index < -0.39 is 24.1 Å². The Bertz CT molecular complexity index is 1040. The number of amides is 1. The lowest BCUT2D eigenvalue weighted by molar-refractivity contribution is -0.166. The van der Waals surface area contributed by atoms with Crippen LogP contribution in [0, 0.1) is 27.7 Å². The summed E-state index contributed by atoms with van der Waals surface area (Å²) >= 11 is 0. The first kappa shape index (κ1) is 31.3. The molecular formula is C31H46N2O5. The van der Waals surface area contributed by atoms with E-state index in [1.807, 2.05) is 0 Å². The molecule has 0 aliphatic rings. The van der Waals surface area contributed by atoms with Crippen molar-refractivity contribution < 1.29 is 24.5 Å². The summed E-state index contributed by atoms with van der Waals surface area (Å²) in [5, 5.41) is 22.8. The predicted octanol–water partition coefficient (Wildman–Crippen LogP) is 5.20. The van der Waals surface area contributed by atoms with E-state index in [9.17, 15) is 19.8 Å². The third kappa shape index (κ3) is 10.5. The van der Waals surface area contributed by atoms with Gasteiger partial charge in [0.15, 0.2) is 12.2 Å². The third-order valence-electron chi connectivity index (χ3n) is 7.14. The van der Waals surface area contributed by atoms with Crippen LogP contribution in [0.25, 0.3) is 0 Å². The fourth-order valence-corrected chi connectivity index (χ4v) is 4.27. The Morgan fingerprint density at radius 1 is 0.868 bits per heavy atom. The van der Waals surface area contributed by atoms with Crippen molar-refractivity contribution in [1.82, 2.24) is 4.90 Å². The van der Waals surface area contributed by atoms with Gasteiger partial charge in [-0.25, -0.2) is 4.79 Å². The molecule has 2 rings (SSSR count). The highest BCUT2D eigenvalue weighted by atomic mass is 16.5. The average Bonchev–Trinajstić information content (AvgIpc) is 2.88. The van der Waals surface area contributed by atoms with Gasteiger partial charge in [-0.05, 0) is 106 Å². The van der Waals surface area contributed by atoms with Crippen LogP contribution in [0.5, 0.6) is 0 Å². The number of aliphatic hydroxyl groups excluding tert-OH is 1. The van der Waals surface area contributed by atoms with Crippen LogP contribution in [0.2, 0.25) is 0 Å². The number of likely N-dealkylation sites (N-methyl/N-ethyl adjacent to an activating group) is 1. The number of nitrogens with zero attached hydrogens (tertiary/aromatic N) is 1. The third-order valence-corrected chi connectivity index (χ3v) is 7.14. The molecule has 0 aliphatic heterocycles. The molecule has 0 radical (unpaired) electrons. The fraction of sp³-hybridized carbons (Fsp3) is 0.548. The molecule has 7 heteroatoms. The van der Waals surface area contributed by atoms with Gasteiger partial charge in [0.1, 0.15) is 0 Å². The minimum Gasteiger partial charge on any atom is -0.479 e. The van der Waals surface area contributed by atoms with Crippen LogP contribution in [0.3, 0.4) is 0 Å². The molecule has 0 fully saturated rings. The first-order chi connectivity index (χ1) is 18.1. The standard InChI is InChI=1S/C31H46N2O5/c1-22-13-15-26(20-24(22)3)12-8-6-11-19-38-29(28(34)31(36)37)30(35)33(5)18-10-7-9-17-32-27-16-14-23(2)25(4)21-27/h13-16,20-21,28-29,32,34H,6-12,17-19H2,1-5H3,(H,36,37). The molecule has 0 aliphatic carbocycles. The number of anilines is 1. The SMILES string of the molecule is Cc1ccc(CCCCCOC(C(=O)N(C)CCCCCNc2ccc(C)c(C)c2)C(O)C(=O)O)cc1C. The monoisotopic (exact) mass is 526 g/mol. The van der Waals surface area contributed by atoms with Gasteiger partial charge in [0.2, 0.25) is 0 Å². The molecule has 0 spiro atoms. The summed E-state index contributed by atoms with van der Waals surface area (Å²) in [5.41, 5.74) is 7.50. The van der Waals surface area contributed by atoms with E-state index in [1.54, 1.807) is 7.05 Å². The zero-order valence-electron chi connectivity index (χ0n) is 23.8. The van der Waals surface area contributed by atoms with E-state index >= 15 is 0 Å². The molecule has 2 unspecified atom stereocenters.